The molecule has 2 aromatic carbocycles. The van der Waals surface area contributed by atoms with Crippen LogP contribution in [0.15, 0.2) is 60.8 Å². The lowest BCUT2D eigenvalue weighted by Gasteiger charge is -2.07. The van der Waals surface area contributed by atoms with Crippen LogP contribution in [-0.4, -0.2) is 28.2 Å². The summed E-state index contributed by atoms with van der Waals surface area (Å²) in [6.07, 6.45) is 1.67. The van der Waals surface area contributed by atoms with Crippen molar-refractivity contribution in [3.05, 3.63) is 66.4 Å². The van der Waals surface area contributed by atoms with Crippen molar-refractivity contribution in [1.29, 1.82) is 0 Å². The van der Waals surface area contributed by atoms with Gasteiger partial charge in [0.05, 0.1) is 18.4 Å². The Morgan fingerprint density at radius 2 is 1.75 bits per heavy atom. The minimum absolute atomic E-state index is 0.230. The molecule has 3 rings (SSSR count). The van der Waals surface area contributed by atoms with Gasteiger partial charge in [0.2, 0.25) is 5.95 Å². The first-order valence-corrected chi connectivity index (χ1v) is 7.23. The first-order valence-electron chi connectivity index (χ1n) is 7.23. The maximum absolute atomic E-state index is 10.9. The van der Waals surface area contributed by atoms with Gasteiger partial charge in [0.25, 0.3) is 0 Å². The summed E-state index contributed by atoms with van der Waals surface area (Å²) >= 11 is 0. The number of hydrogen-bond donors (Lipinski definition) is 2. The number of carboxylic acid groups (broad SMARTS) is 1. The molecule has 3 aromatic rings. The lowest BCUT2D eigenvalue weighted by molar-refractivity contribution is 0.0697. The number of rotatable bonds is 5. The van der Waals surface area contributed by atoms with Crippen LogP contribution in [0, 0.1) is 0 Å². The van der Waals surface area contributed by atoms with Crippen molar-refractivity contribution in [3.8, 4) is 17.0 Å². The number of hydrogen-bond acceptors (Lipinski definition) is 5. The molecule has 24 heavy (non-hydrogen) atoms. The van der Waals surface area contributed by atoms with E-state index in [9.17, 15) is 4.79 Å². The Bertz CT molecular complexity index is 846. The molecule has 0 saturated carbocycles. The Morgan fingerprint density at radius 3 is 2.38 bits per heavy atom. The van der Waals surface area contributed by atoms with Gasteiger partial charge in [-0.15, -0.1) is 0 Å². The van der Waals surface area contributed by atoms with Gasteiger partial charge in [-0.1, -0.05) is 0 Å². The summed E-state index contributed by atoms with van der Waals surface area (Å²) in [7, 11) is 1.62. The first kappa shape index (κ1) is 15.5. The second-order valence-corrected chi connectivity index (χ2v) is 5.00. The third-order valence-electron chi connectivity index (χ3n) is 3.43. The number of methoxy groups -OCH3 is 1. The molecule has 0 saturated heterocycles. The van der Waals surface area contributed by atoms with Gasteiger partial charge in [0, 0.05) is 17.4 Å². The fraction of sp³-hybridized carbons (Fsp3) is 0.0556. The van der Waals surface area contributed by atoms with Crippen LogP contribution in [0.1, 0.15) is 10.4 Å². The van der Waals surface area contributed by atoms with Crippen LogP contribution in [0.3, 0.4) is 0 Å². The van der Waals surface area contributed by atoms with E-state index in [0.29, 0.717) is 11.6 Å². The molecule has 0 atom stereocenters. The predicted octanol–water partition coefficient (Wildman–Crippen LogP) is 3.59. The summed E-state index contributed by atoms with van der Waals surface area (Å²) in [4.78, 5) is 19.5. The zero-order valence-electron chi connectivity index (χ0n) is 12.9. The Labute approximate surface area is 138 Å². The van der Waals surface area contributed by atoms with Crippen molar-refractivity contribution in [2.75, 3.05) is 12.4 Å². The molecule has 1 heterocycles. The van der Waals surface area contributed by atoms with E-state index < -0.39 is 5.97 Å². The minimum Gasteiger partial charge on any atom is -0.497 e. The van der Waals surface area contributed by atoms with Crippen LogP contribution in [0.2, 0.25) is 0 Å². The summed E-state index contributed by atoms with van der Waals surface area (Å²) in [5.74, 6) is 0.260. The van der Waals surface area contributed by atoms with Gasteiger partial charge in [0.15, 0.2) is 0 Å². The van der Waals surface area contributed by atoms with Crippen molar-refractivity contribution >= 4 is 17.6 Å². The molecule has 0 unspecified atom stereocenters. The lowest BCUT2D eigenvalue weighted by atomic mass is 10.1. The standard InChI is InChI=1S/C18H15N3O3/c1-24-15-8-4-12(5-9-15)16-10-11-19-18(21-16)20-14-6-2-13(3-7-14)17(22)23/h2-11H,1H3,(H,22,23)(H,19,20,21). The van der Waals surface area contributed by atoms with E-state index in [0.717, 1.165) is 17.0 Å². The summed E-state index contributed by atoms with van der Waals surface area (Å²) in [6.45, 7) is 0. The van der Waals surface area contributed by atoms with Crippen LogP contribution >= 0.6 is 0 Å². The third-order valence-corrected chi connectivity index (χ3v) is 3.43. The van der Waals surface area contributed by atoms with Crippen LogP contribution < -0.4 is 10.1 Å². The monoisotopic (exact) mass is 321 g/mol. The SMILES string of the molecule is COc1ccc(-c2ccnc(Nc3ccc(C(=O)O)cc3)n2)cc1. The predicted molar refractivity (Wildman–Crippen MR) is 90.7 cm³/mol. The Balaban J connectivity index is 1.80. The van der Waals surface area contributed by atoms with Gasteiger partial charge in [-0.3, -0.25) is 0 Å². The molecule has 2 N–H and O–H groups in total. The smallest absolute Gasteiger partial charge is 0.335 e. The van der Waals surface area contributed by atoms with E-state index in [-0.39, 0.29) is 5.56 Å². The maximum Gasteiger partial charge on any atom is 0.335 e. The molecule has 6 nitrogen and oxygen atoms in total. The van der Waals surface area contributed by atoms with Gasteiger partial charge >= 0.3 is 5.97 Å². The van der Waals surface area contributed by atoms with Crippen molar-refractivity contribution in [2.24, 2.45) is 0 Å². The quantitative estimate of drug-likeness (QED) is 0.747. The highest BCUT2D eigenvalue weighted by Gasteiger charge is 2.05. The number of nitrogens with zero attached hydrogens (tertiary/aromatic N) is 2. The van der Waals surface area contributed by atoms with Crippen LogP contribution in [0.4, 0.5) is 11.6 Å². The zero-order valence-corrected chi connectivity index (χ0v) is 12.9. The molecule has 0 amide bonds. The third kappa shape index (κ3) is 3.49. The number of benzene rings is 2. The minimum atomic E-state index is -0.959. The molecule has 0 aliphatic heterocycles. The average Bonchev–Trinajstić information content (AvgIpc) is 2.62. The topological polar surface area (TPSA) is 84.3 Å². The zero-order chi connectivity index (χ0) is 16.9. The number of anilines is 2. The summed E-state index contributed by atoms with van der Waals surface area (Å²) < 4.78 is 5.15. The van der Waals surface area contributed by atoms with Crippen LogP contribution in [0.5, 0.6) is 5.75 Å². The molecular weight excluding hydrogens is 306 g/mol. The Kier molecular flexibility index (Phi) is 4.38. The van der Waals surface area contributed by atoms with Gasteiger partial charge in [-0.2, -0.15) is 0 Å². The highest BCUT2D eigenvalue weighted by Crippen LogP contribution is 2.22. The van der Waals surface area contributed by atoms with Gasteiger partial charge < -0.3 is 15.2 Å². The molecule has 0 fully saturated rings. The van der Waals surface area contributed by atoms with E-state index in [1.807, 2.05) is 30.3 Å². The van der Waals surface area contributed by atoms with E-state index in [1.54, 1.807) is 25.4 Å². The number of aromatic carboxylic acids is 1. The Hall–Kier alpha value is -3.41. The molecule has 0 aliphatic rings. The van der Waals surface area contributed by atoms with E-state index in [2.05, 4.69) is 15.3 Å². The molecule has 0 aliphatic carbocycles. The number of nitrogens with one attached hydrogen (secondary N) is 1. The van der Waals surface area contributed by atoms with E-state index in [1.165, 1.54) is 12.1 Å². The number of carbonyl (C=O) groups is 1. The summed E-state index contributed by atoms with van der Waals surface area (Å²) in [5.41, 5.74) is 2.67. The highest BCUT2D eigenvalue weighted by atomic mass is 16.5. The van der Waals surface area contributed by atoms with E-state index >= 15 is 0 Å². The van der Waals surface area contributed by atoms with Crippen molar-refractivity contribution < 1.29 is 14.6 Å². The largest absolute Gasteiger partial charge is 0.497 e. The van der Waals surface area contributed by atoms with Crippen molar-refractivity contribution in [1.82, 2.24) is 9.97 Å². The second kappa shape index (κ2) is 6.78. The summed E-state index contributed by atoms with van der Waals surface area (Å²) in [6, 6.07) is 15.8. The van der Waals surface area contributed by atoms with Gasteiger partial charge in [0.1, 0.15) is 5.75 Å². The normalized spacial score (nSPS) is 10.2. The fourth-order valence-corrected chi connectivity index (χ4v) is 2.17. The molecular formula is C18H15N3O3. The van der Waals surface area contributed by atoms with Crippen molar-refractivity contribution in [2.45, 2.75) is 0 Å². The second-order valence-electron chi connectivity index (χ2n) is 5.00. The van der Waals surface area contributed by atoms with Gasteiger partial charge in [-0.25, -0.2) is 14.8 Å². The van der Waals surface area contributed by atoms with Crippen LogP contribution in [0.25, 0.3) is 11.3 Å². The number of ether oxygens (including phenoxy) is 1. The number of carboxylic acids is 1. The molecule has 0 bridgehead atoms. The number of aromatic nitrogens is 2. The highest BCUT2D eigenvalue weighted by molar-refractivity contribution is 5.88. The fourth-order valence-electron chi connectivity index (χ4n) is 2.17. The lowest BCUT2D eigenvalue weighted by Crippen LogP contribution is -1.99. The molecule has 6 heteroatoms. The van der Waals surface area contributed by atoms with Crippen molar-refractivity contribution in [3.63, 3.8) is 0 Å². The summed E-state index contributed by atoms with van der Waals surface area (Å²) in [5, 5.41) is 12.0. The average molecular weight is 321 g/mol. The Morgan fingerprint density at radius 1 is 1.04 bits per heavy atom. The molecule has 0 spiro atoms. The molecule has 0 radical (unpaired) electrons. The maximum atomic E-state index is 10.9. The van der Waals surface area contributed by atoms with Crippen LogP contribution in [-0.2, 0) is 0 Å². The molecule has 120 valence electrons. The van der Waals surface area contributed by atoms with E-state index in [4.69, 9.17) is 9.84 Å². The van der Waals surface area contributed by atoms with Gasteiger partial charge in [-0.05, 0) is 54.6 Å². The molecule has 1 aromatic heterocycles. The first-order chi connectivity index (χ1) is 11.7.